The van der Waals surface area contributed by atoms with Gasteiger partial charge in [-0.15, -0.1) is 10.2 Å². The first-order chi connectivity index (χ1) is 15.0. The van der Waals surface area contributed by atoms with E-state index in [1.807, 2.05) is 0 Å². The van der Waals surface area contributed by atoms with Gasteiger partial charge in [0.15, 0.2) is 5.82 Å². The van der Waals surface area contributed by atoms with Crippen molar-refractivity contribution in [3.8, 4) is 17.0 Å². The fraction of sp³-hybridized carbons (Fsp3) is 0.333. The second-order valence-corrected chi connectivity index (χ2v) is 7.28. The average Bonchev–Trinajstić information content (AvgIpc) is 3.02. The molecule has 1 aliphatic rings. The third-order valence-corrected chi connectivity index (χ3v) is 5.21. The van der Waals surface area contributed by atoms with E-state index in [0.717, 1.165) is 44.5 Å². The molecule has 4 rings (SSSR count). The molecule has 0 spiro atoms. The third kappa shape index (κ3) is 4.58. The van der Waals surface area contributed by atoms with E-state index in [2.05, 4.69) is 25.8 Å². The molecule has 0 unspecified atom stereocenters. The summed E-state index contributed by atoms with van der Waals surface area (Å²) in [7, 11) is 0. The maximum absolute atomic E-state index is 13.1. The largest absolute Gasteiger partial charge is 0.428 e. The first-order valence-electron chi connectivity index (χ1n) is 9.87. The lowest BCUT2D eigenvalue weighted by molar-refractivity contribution is -0.138. The van der Waals surface area contributed by atoms with Crippen LogP contribution in [0.2, 0.25) is 0 Å². The Morgan fingerprint density at radius 3 is 2.84 bits per heavy atom. The zero-order valence-electron chi connectivity index (χ0n) is 16.4. The SMILES string of the molecule is O=COc1cc(C(F)(F)F)ccc1-c1nnc(N[C@@H]2CCCCNC2)c2cnccc12. The van der Waals surface area contributed by atoms with Crippen molar-refractivity contribution in [2.45, 2.75) is 31.5 Å². The Morgan fingerprint density at radius 1 is 1.16 bits per heavy atom. The van der Waals surface area contributed by atoms with Crippen LogP contribution in [0.1, 0.15) is 24.8 Å². The summed E-state index contributed by atoms with van der Waals surface area (Å²) in [6.45, 7) is 1.85. The van der Waals surface area contributed by atoms with Crippen molar-refractivity contribution >= 4 is 23.1 Å². The minimum Gasteiger partial charge on any atom is -0.428 e. The van der Waals surface area contributed by atoms with E-state index in [-0.39, 0.29) is 23.8 Å². The van der Waals surface area contributed by atoms with Crippen LogP contribution in [0.15, 0.2) is 36.7 Å². The molecule has 0 aliphatic carbocycles. The number of halogens is 3. The van der Waals surface area contributed by atoms with Gasteiger partial charge in [0.25, 0.3) is 6.47 Å². The van der Waals surface area contributed by atoms with E-state index < -0.39 is 11.7 Å². The molecule has 0 saturated carbocycles. The number of benzene rings is 1. The van der Waals surface area contributed by atoms with Crippen molar-refractivity contribution in [1.29, 1.82) is 0 Å². The molecule has 1 aliphatic heterocycles. The molecule has 0 bridgehead atoms. The molecular formula is C21H20F3N5O2. The van der Waals surface area contributed by atoms with Crippen LogP contribution in [0.5, 0.6) is 5.75 Å². The minimum absolute atomic E-state index is 0.0884. The highest BCUT2D eigenvalue weighted by Gasteiger charge is 2.32. The van der Waals surface area contributed by atoms with Gasteiger partial charge in [0.05, 0.1) is 5.56 Å². The van der Waals surface area contributed by atoms with Crippen LogP contribution >= 0.6 is 0 Å². The van der Waals surface area contributed by atoms with Gasteiger partial charge in [0.1, 0.15) is 11.4 Å². The predicted molar refractivity (Wildman–Crippen MR) is 109 cm³/mol. The van der Waals surface area contributed by atoms with Crippen molar-refractivity contribution in [2.75, 3.05) is 18.4 Å². The summed E-state index contributed by atoms with van der Waals surface area (Å²) in [5.74, 6) is 0.302. The van der Waals surface area contributed by atoms with Gasteiger partial charge in [-0.25, -0.2) is 0 Å². The van der Waals surface area contributed by atoms with Gasteiger partial charge >= 0.3 is 6.18 Å². The van der Waals surface area contributed by atoms with Crippen LogP contribution in [-0.2, 0) is 11.0 Å². The Hall–Kier alpha value is -3.27. The maximum Gasteiger partial charge on any atom is 0.416 e. The van der Waals surface area contributed by atoms with Crippen LogP contribution < -0.4 is 15.4 Å². The van der Waals surface area contributed by atoms with Gasteiger partial charge in [0.2, 0.25) is 0 Å². The van der Waals surface area contributed by atoms with Crippen molar-refractivity contribution < 1.29 is 22.7 Å². The topological polar surface area (TPSA) is 89.0 Å². The summed E-state index contributed by atoms with van der Waals surface area (Å²) in [6, 6.07) is 4.81. The highest BCUT2D eigenvalue weighted by atomic mass is 19.4. The fourth-order valence-corrected chi connectivity index (χ4v) is 3.68. The molecule has 1 fully saturated rings. The van der Waals surface area contributed by atoms with E-state index in [4.69, 9.17) is 4.74 Å². The number of rotatable bonds is 5. The van der Waals surface area contributed by atoms with Gasteiger partial charge < -0.3 is 15.4 Å². The zero-order valence-corrected chi connectivity index (χ0v) is 16.4. The van der Waals surface area contributed by atoms with Crippen molar-refractivity contribution in [1.82, 2.24) is 20.5 Å². The van der Waals surface area contributed by atoms with Gasteiger partial charge in [-0.3, -0.25) is 9.78 Å². The minimum atomic E-state index is -4.57. The van der Waals surface area contributed by atoms with E-state index in [9.17, 15) is 18.0 Å². The number of carbonyl (C=O) groups excluding carboxylic acids is 1. The van der Waals surface area contributed by atoms with Gasteiger partial charge in [0, 0.05) is 41.3 Å². The second kappa shape index (κ2) is 8.84. The molecule has 1 saturated heterocycles. The first-order valence-corrected chi connectivity index (χ1v) is 9.87. The number of hydrogen-bond acceptors (Lipinski definition) is 7. The summed E-state index contributed by atoms with van der Waals surface area (Å²) in [5.41, 5.74) is -0.398. The van der Waals surface area contributed by atoms with Crippen molar-refractivity contribution in [2.24, 2.45) is 0 Å². The Morgan fingerprint density at radius 2 is 2.03 bits per heavy atom. The summed E-state index contributed by atoms with van der Waals surface area (Å²) in [5, 5.41) is 16.6. The van der Waals surface area contributed by atoms with Crippen LogP contribution in [-0.4, -0.2) is 40.8 Å². The first kappa shape index (κ1) is 21.0. The molecule has 10 heteroatoms. The summed E-state index contributed by atoms with van der Waals surface area (Å²) >= 11 is 0. The number of anilines is 1. The molecule has 7 nitrogen and oxygen atoms in total. The third-order valence-electron chi connectivity index (χ3n) is 5.21. The number of aromatic nitrogens is 3. The lowest BCUT2D eigenvalue weighted by Crippen LogP contribution is -2.31. The number of nitrogens with zero attached hydrogens (tertiary/aromatic N) is 3. The van der Waals surface area contributed by atoms with Crippen LogP contribution in [0.4, 0.5) is 19.0 Å². The van der Waals surface area contributed by atoms with Crippen LogP contribution in [0.3, 0.4) is 0 Å². The quantitative estimate of drug-likeness (QED) is 0.594. The Kier molecular flexibility index (Phi) is 5.99. The molecule has 3 heterocycles. The van der Waals surface area contributed by atoms with E-state index >= 15 is 0 Å². The lowest BCUT2D eigenvalue weighted by atomic mass is 10.0. The second-order valence-electron chi connectivity index (χ2n) is 7.28. The van der Waals surface area contributed by atoms with Crippen LogP contribution in [0.25, 0.3) is 22.0 Å². The number of ether oxygens (including phenoxy) is 1. The number of alkyl halides is 3. The monoisotopic (exact) mass is 431 g/mol. The molecule has 2 N–H and O–H groups in total. The predicted octanol–water partition coefficient (Wildman–Crippen LogP) is 3.80. The average molecular weight is 431 g/mol. The summed E-state index contributed by atoms with van der Waals surface area (Å²) in [4.78, 5) is 15.1. The standard InChI is InChI=1S/C21H20F3N5O2/c22-21(23,24)13-4-5-16(18(9-13)31-12-30)19-15-6-8-26-11-17(15)20(29-28-19)27-14-3-1-2-7-25-10-14/h4-6,8-9,11-12,14,25H,1-3,7,10H2,(H,27,29)/t14-/m1/s1. The number of nitrogens with one attached hydrogen (secondary N) is 2. The maximum atomic E-state index is 13.1. The number of fused-ring (bicyclic) bond motifs is 1. The van der Waals surface area contributed by atoms with Crippen molar-refractivity contribution in [3.05, 3.63) is 42.2 Å². The van der Waals surface area contributed by atoms with Crippen molar-refractivity contribution in [3.63, 3.8) is 0 Å². The molecule has 162 valence electrons. The van der Waals surface area contributed by atoms with Gasteiger partial charge in [-0.05, 0) is 43.7 Å². The zero-order chi connectivity index (χ0) is 21.8. The highest BCUT2D eigenvalue weighted by Crippen LogP contribution is 2.39. The normalized spacial score (nSPS) is 17.2. The molecule has 0 radical (unpaired) electrons. The van der Waals surface area contributed by atoms with Gasteiger partial charge in [-0.1, -0.05) is 6.42 Å². The highest BCUT2D eigenvalue weighted by molar-refractivity contribution is 6.00. The smallest absolute Gasteiger partial charge is 0.416 e. The molecule has 1 atom stereocenters. The number of pyridine rings is 1. The molecule has 1 aromatic carbocycles. The Bertz CT molecular complexity index is 1080. The molecular weight excluding hydrogens is 411 g/mol. The van der Waals surface area contributed by atoms with Crippen LogP contribution in [0, 0.1) is 0 Å². The Balaban J connectivity index is 1.78. The molecule has 31 heavy (non-hydrogen) atoms. The van der Waals surface area contributed by atoms with E-state index in [1.54, 1.807) is 18.5 Å². The molecule has 3 aromatic rings. The lowest BCUT2D eigenvalue weighted by Gasteiger charge is -2.19. The summed E-state index contributed by atoms with van der Waals surface area (Å²) < 4.78 is 44.2. The fourth-order valence-electron chi connectivity index (χ4n) is 3.68. The molecule has 0 amide bonds. The number of carbonyl (C=O) groups is 1. The van der Waals surface area contributed by atoms with E-state index in [0.29, 0.717) is 22.3 Å². The molecule has 2 aromatic heterocycles. The van der Waals surface area contributed by atoms with E-state index in [1.165, 1.54) is 6.07 Å². The van der Waals surface area contributed by atoms with Gasteiger partial charge in [-0.2, -0.15) is 13.2 Å². The number of hydrogen-bond donors (Lipinski definition) is 2. The Labute approximate surface area is 176 Å². The summed E-state index contributed by atoms with van der Waals surface area (Å²) in [6.07, 6.45) is 1.80.